The van der Waals surface area contributed by atoms with Crippen LogP contribution in [0.2, 0.25) is 0 Å². The molecule has 0 bridgehead atoms. The van der Waals surface area contributed by atoms with Crippen molar-refractivity contribution in [2.24, 2.45) is 0 Å². The van der Waals surface area contributed by atoms with Crippen molar-refractivity contribution < 1.29 is 18.7 Å². The summed E-state index contributed by atoms with van der Waals surface area (Å²) in [5.74, 6) is 0.770. The number of hydrogen-bond donors (Lipinski definition) is 0. The zero-order valence-electron chi connectivity index (χ0n) is 15.2. The number of nitrogens with zero attached hydrogens (tertiary/aromatic N) is 2. The summed E-state index contributed by atoms with van der Waals surface area (Å²) >= 11 is 0. The number of aryl methyl sites for hydroxylation is 1. The standard InChI is InChI=1S/C20H24N2O4/c1-15-7-9-16(10-8-15)25-14-12-21(2)19(23)17-5-3-11-22(17)20(24)18-6-4-13-26-18/h4,6-10,13,17H,3,5,11-12,14H2,1-2H3/t17-/m0/s1. The van der Waals surface area contributed by atoms with E-state index in [-0.39, 0.29) is 17.6 Å². The summed E-state index contributed by atoms with van der Waals surface area (Å²) in [5, 5.41) is 0. The number of carbonyl (C=O) groups is 2. The van der Waals surface area contributed by atoms with Crippen molar-refractivity contribution in [3.8, 4) is 5.75 Å². The van der Waals surface area contributed by atoms with E-state index in [1.807, 2.05) is 31.2 Å². The summed E-state index contributed by atoms with van der Waals surface area (Å²) in [7, 11) is 1.74. The maximum absolute atomic E-state index is 12.8. The van der Waals surface area contributed by atoms with Crippen LogP contribution in [0.4, 0.5) is 0 Å². The van der Waals surface area contributed by atoms with Crippen molar-refractivity contribution in [3.05, 3.63) is 54.0 Å². The summed E-state index contributed by atoms with van der Waals surface area (Å²) in [6.45, 7) is 3.47. The lowest BCUT2D eigenvalue weighted by Gasteiger charge is -2.27. The number of carbonyl (C=O) groups excluding carboxylic acids is 2. The molecular formula is C20H24N2O4. The molecule has 6 heteroatoms. The number of rotatable bonds is 6. The Morgan fingerprint density at radius 3 is 2.73 bits per heavy atom. The molecule has 6 nitrogen and oxygen atoms in total. The minimum absolute atomic E-state index is 0.0603. The maximum atomic E-state index is 12.8. The molecule has 2 amide bonds. The van der Waals surface area contributed by atoms with Gasteiger partial charge in [0.15, 0.2) is 5.76 Å². The zero-order valence-corrected chi connectivity index (χ0v) is 15.2. The van der Waals surface area contributed by atoms with Crippen LogP contribution in [-0.2, 0) is 4.79 Å². The first kappa shape index (κ1) is 18.0. The second-order valence-electron chi connectivity index (χ2n) is 6.56. The van der Waals surface area contributed by atoms with Gasteiger partial charge in [-0.15, -0.1) is 0 Å². The third-order valence-electron chi connectivity index (χ3n) is 4.62. The van der Waals surface area contributed by atoms with E-state index in [4.69, 9.17) is 9.15 Å². The fourth-order valence-corrected chi connectivity index (χ4v) is 3.11. The Morgan fingerprint density at radius 2 is 2.04 bits per heavy atom. The van der Waals surface area contributed by atoms with Gasteiger partial charge in [-0.05, 0) is 44.0 Å². The largest absolute Gasteiger partial charge is 0.492 e. The first-order valence-corrected chi connectivity index (χ1v) is 8.85. The molecule has 138 valence electrons. The second-order valence-corrected chi connectivity index (χ2v) is 6.56. The van der Waals surface area contributed by atoms with E-state index in [9.17, 15) is 9.59 Å². The number of ether oxygens (including phenoxy) is 1. The normalized spacial score (nSPS) is 16.5. The van der Waals surface area contributed by atoms with Gasteiger partial charge in [0.25, 0.3) is 5.91 Å². The van der Waals surface area contributed by atoms with Crippen LogP contribution in [0, 0.1) is 6.92 Å². The molecule has 0 aliphatic carbocycles. The molecule has 1 atom stereocenters. The van der Waals surface area contributed by atoms with Crippen molar-refractivity contribution in [3.63, 3.8) is 0 Å². The highest BCUT2D eigenvalue weighted by Crippen LogP contribution is 2.22. The van der Waals surface area contributed by atoms with E-state index in [0.717, 1.165) is 12.2 Å². The first-order chi connectivity index (χ1) is 12.6. The highest BCUT2D eigenvalue weighted by molar-refractivity contribution is 5.95. The Balaban J connectivity index is 1.53. The molecule has 0 N–H and O–H groups in total. The molecule has 2 aromatic rings. The lowest BCUT2D eigenvalue weighted by molar-refractivity contribution is -0.134. The lowest BCUT2D eigenvalue weighted by Crippen LogP contribution is -2.47. The van der Waals surface area contributed by atoms with Gasteiger partial charge >= 0.3 is 0 Å². The van der Waals surface area contributed by atoms with Crippen molar-refractivity contribution in [2.45, 2.75) is 25.8 Å². The summed E-state index contributed by atoms with van der Waals surface area (Å²) in [6.07, 6.45) is 2.96. The summed E-state index contributed by atoms with van der Waals surface area (Å²) in [6, 6.07) is 10.7. The minimum atomic E-state index is -0.433. The highest BCUT2D eigenvalue weighted by Gasteiger charge is 2.36. The summed E-state index contributed by atoms with van der Waals surface area (Å²) in [4.78, 5) is 28.5. The highest BCUT2D eigenvalue weighted by atomic mass is 16.5. The molecule has 0 radical (unpaired) electrons. The monoisotopic (exact) mass is 356 g/mol. The molecule has 1 saturated heterocycles. The minimum Gasteiger partial charge on any atom is -0.492 e. The van der Waals surface area contributed by atoms with Crippen LogP contribution in [0.25, 0.3) is 0 Å². The van der Waals surface area contributed by atoms with Gasteiger partial charge in [-0.2, -0.15) is 0 Å². The molecule has 1 aliphatic rings. The third-order valence-corrected chi connectivity index (χ3v) is 4.62. The van der Waals surface area contributed by atoms with E-state index >= 15 is 0 Å². The smallest absolute Gasteiger partial charge is 0.290 e. The molecule has 0 spiro atoms. The van der Waals surface area contributed by atoms with Gasteiger partial charge in [-0.1, -0.05) is 17.7 Å². The van der Waals surface area contributed by atoms with Crippen molar-refractivity contribution in [2.75, 3.05) is 26.7 Å². The predicted molar refractivity (Wildman–Crippen MR) is 97.1 cm³/mol. The van der Waals surface area contributed by atoms with Gasteiger partial charge in [0.2, 0.25) is 5.91 Å². The van der Waals surface area contributed by atoms with Gasteiger partial charge < -0.3 is 19.0 Å². The first-order valence-electron chi connectivity index (χ1n) is 8.85. The molecule has 1 aromatic heterocycles. The average Bonchev–Trinajstić information content (AvgIpc) is 3.34. The van der Waals surface area contributed by atoms with Crippen molar-refractivity contribution in [1.29, 1.82) is 0 Å². The zero-order chi connectivity index (χ0) is 18.5. The van der Waals surface area contributed by atoms with Gasteiger partial charge in [0.1, 0.15) is 18.4 Å². The van der Waals surface area contributed by atoms with Crippen LogP contribution in [0.1, 0.15) is 29.0 Å². The van der Waals surface area contributed by atoms with E-state index in [0.29, 0.717) is 26.1 Å². The number of furan rings is 1. The van der Waals surface area contributed by atoms with Crippen LogP contribution in [0.3, 0.4) is 0 Å². The van der Waals surface area contributed by atoms with Crippen LogP contribution in [-0.4, -0.2) is 54.4 Å². The molecule has 2 heterocycles. The van der Waals surface area contributed by atoms with Gasteiger partial charge in [0.05, 0.1) is 12.8 Å². The number of benzene rings is 1. The van der Waals surface area contributed by atoms with Crippen LogP contribution in [0.5, 0.6) is 5.75 Å². The predicted octanol–water partition coefficient (Wildman–Crippen LogP) is 2.73. The van der Waals surface area contributed by atoms with E-state index in [1.165, 1.54) is 11.8 Å². The molecule has 0 saturated carbocycles. The van der Waals surface area contributed by atoms with Gasteiger partial charge in [0, 0.05) is 13.6 Å². The third kappa shape index (κ3) is 4.07. The number of likely N-dealkylation sites (tertiary alicyclic amines) is 1. The SMILES string of the molecule is Cc1ccc(OCCN(C)C(=O)[C@@H]2CCCN2C(=O)c2ccco2)cc1. The molecule has 1 fully saturated rings. The van der Waals surface area contributed by atoms with Crippen LogP contribution in [0.15, 0.2) is 47.1 Å². The molecule has 0 unspecified atom stereocenters. The maximum Gasteiger partial charge on any atom is 0.290 e. The van der Waals surface area contributed by atoms with E-state index in [1.54, 1.807) is 29.0 Å². The Kier molecular flexibility index (Phi) is 5.61. The quantitative estimate of drug-likeness (QED) is 0.798. The van der Waals surface area contributed by atoms with E-state index in [2.05, 4.69) is 0 Å². The molecule has 26 heavy (non-hydrogen) atoms. The molecule has 3 rings (SSSR count). The Morgan fingerprint density at radius 1 is 1.27 bits per heavy atom. The van der Waals surface area contributed by atoms with E-state index < -0.39 is 6.04 Å². The van der Waals surface area contributed by atoms with Crippen molar-refractivity contribution >= 4 is 11.8 Å². The Labute approximate surface area is 153 Å². The number of likely N-dealkylation sites (N-methyl/N-ethyl adjacent to an activating group) is 1. The summed E-state index contributed by atoms with van der Waals surface area (Å²) < 4.78 is 10.9. The second kappa shape index (κ2) is 8.08. The Hall–Kier alpha value is -2.76. The fraction of sp³-hybridized carbons (Fsp3) is 0.400. The molecule has 1 aliphatic heterocycles. The number of amides is 2. The Bertz CT molecular complexity index is 740. The van der Waals surface area contributed by atoms with Crippen molar-refractivity contribution in [1.82, 2.24) is 9.80 Å². The molecular weight excluding hydrogens is 332 g/mol. The lowest BCUT2D eigenvalue weighted by atomic mass is 10.2. The number of hydrogen-bond acceptors (Lipinski definition) is 4. The fourth-order valence-electron chi connectivity index (χ4n) is 3.11. The van der Waals surface area contributed by atoms with Gasteiger partial charge in [-0.25, -0.2) is 0 Å². The summed E-state index contributed by atoms with van der Waals surface area (Å²) in [5.41, 5.74) is 1.17. The molecule has 1 aromatic carbocycles. The topological polar surface area (TPSA) is 63.0 Å². The average molecular weight is 356 g/mol. The van der Waals surface area contributed by atoms with Crippen LogP contribution >= 0.6 is 0 Å². The van der Waals surface area contributed by atoms with Crippen LogP contribution < -0.4 is 4.74 Å². The van der Waals surface area contributed by atoms with Gasteiger partial charge in [-0.3, -0.25) is 9.59 Å².